The SMILES string of the molecule is CC(C)(C)C(=O)/C(C#N)=C(\OC(=O)c1ccc(Cl)cc1)c1ccc(Cl)cc1[N+](=O)[O-]. The number of benzene rings is 2. The highest BCUT2D eigenvalue weighted by molar-refractivity contribution is 6.31. The predicted octanol–water partition coefficient (Wildman–Crippen LogP) is 5.61. The Hall–Kier alpha value is -3.21. The topological polar surface area (TPSA) is 110 Å². The summed E-state index contributed by atoms with van der Waals surface area (Å²) < 4.78 is 5.37. The van der Waals surface area contributed by atoms with Gasteiger partial charge in [-0.1, -0.05) is 44.0 Å². The van der Waals surface area contributed by atoms with Crippen LogP contribution in [0.5, 0.6) is 0 Å². The molecule has 0 aliphatic carbocycles. The minimum atomic E-state index is -1.01. The van der Waals surface area contributed by atoms with E-state index in [1.54, 1.807) is 26.8 Å². The zero-order valence-corrected chi connectivity index (χ0v) is 17.7. The number of hydrogen-bond acceptors (Lipinski definition) is 6. The van der Waals surface area contributed by atoms with Gasteiger partial charge in [-0.3, -0.25) is 14.9 Å². The quantitative estimate of drug-likeness (QED) is 0.147. The Bertz CT molecular complexity index is 1090. The van der Waals surface area contributed by atoms with Gasteiger partial charge in [0.05, 0.1) is 16.1 Å². The fourth-order valence-corrected chi connectivity index (χ4v) is 2.70. The van der Waals surface area contributed by atoms with Crippen molar-refractivity contribution in [3.63, 3.8) is 0 Å². The molecule has 0 aliphatic heterocycles. The smallest absolute Gasteiger partial charge is 0.343 e. The summed E-state index contributed by atoms with van der Waals surface area (Å²) in [6.07, 6.45) is 0. The Morgan fingerprint density at radius 3 is 2.13 bits per heavy atom. The molecule has 0 heterocycles. The highest BCUT2D eigenvalue weighted by Crippen LogP contribution is 2.34. The molecular weight excluding hydrogens is 431 g/mol. The number of halogens is 2. The lowest BCUT2D eigenvalue weighted by Gasteiger charge is -2.18. The van der Waals surface area contributed by atoms with Crippen LogP contribution in [0.15, 0.2) is 48.0 Å². The molecule has 0 fully saturated rings. The molecule has 0 amide bonds. The third-order valence-corrected chi connectivity index (χ3v) is 4.41. The molecule has 9 heteroatoms. The summed E-state index contributed by atoms with van der Waals surface area (Å²) in [6.45, 7) is 4.71. The molecule has 2 aromatic rings. The first-order valence-electron chi connectivity index (χ1n) is 8.57. The molecule has 0 unspecified atom stereocenters. The first-order chi connectivity index (χ1) is 14.0. The van der Waals surface area contributed by atoms with Gasteiger partial charge in [-0.05, 0) is 36.4 Å². The van der Waals surface area contributed by atoms with Crippen molar-refractivity contribution < 1.29 is 19.2 Å². The first kappa shape index (κ1) is 23.1. The second kappa shape index (κ2) is 9.08. The lowest BCUT2D eigenvalue weighted by atomic mass is 9.85. The summed E-state index contributed by atoms with van der Waals surface area (Å²) in [5, 5.41) is 21.7. The fourth-order valence-electron chi connectivity index (χ4n) is 2.41. The van der Waals surface area contributed by atoms with E-state index in [2.05, 4.69) is 0 Å². The molecule has 0 N–H and O–H groups in total. The third-order valence-electron chi connectivity index (χ3n) is 3.92. The van der Waals surface area contributed by atoms with Crippen LogP contribution in [0.3, 0.4) is 0 Å². The van der Waals surface area contributed by atoms with Gasteiger partial charge in [0.2, 0.25) is 0 Å². The van der Waals surface area contributed by atoms with Gasteiger partial charge in [-0.2, -0.15) is 5.26 Å². The van der Waals surface area contributed by atoms with Crippen molar-refractivity contribution in [2.24, 2.45) is 5.41 Å². The molecule has 154 valence electrons. The Labute approximate surface area is 182 Å². The molecule has 2 rings (SSSR count). The molecular formula is C21H16Cl2N2O5. The highest BCUT2D eigenvalue weighted by Gasteiger charge is 2.33. The number of carbonyl (C=O) groups excluding carboxylic acids is 2. The van der Waals surface area contributed by atoms with Gasteiger partial charge >= 0.3 is 5.97 Å². The number of hydrogen-bond donors (Lipinski definition) is 0. The minimum Gasteiger partial charge on any atom is -0.420 e. The van der Waals surface area contributed by atoms with E-state index in [9.17, 15) is 25.0 Å². The number of ketones is 1. The van der Waals surface area contributed by atoms with E-state index in [0.29, 0.717) is 5.02 Å². The predicted molar refractivity (Wildman–Crippen MR) is 112 cm³/mol. The third kappa shape index (κ3) is 5.23. The van der Waals surface area contributed by atoms with Crippen LogP contribution in [-0.2, 0) is 9.53 Å². The van der Waals surface area contributed by atoms with Gasteiger partial charge in [-0.25, -0.2) is 4.79 Å². The number of nitriles is 1. The van der Waals surface area contributed by atoms with Gasteiger partial charge in [0, 0.05) is 21.5 Å². The standard InChI is InChI=1S/C21H16Cl2N2O5/c1-21(2,3)19(26)16(11-24)18(15-9-8-14(23)10-17(15)25(28)29)30-20(27)12-4-6-13(22)7-5-12/h4-10H,1-3H3/b18-16-. The maximum absolute atomic E-state index is 12.8. The summed E-state index contributed by atoms with van der Waals surface area (Å²) in [6, 6.07) is 11.0. The van der Waals surface area contributed by atoms with E-state index in [1.807, 2.05) is 0 Å². The number of allylic oxidation sites excluding steroid dienone is 1. The van der Waals surface area contributed by atoms with Crippen LogP contribution < -0.4 is 0 Å². The van der Waals surface area contributed by atoms with Crippen LogP contribution in [0.1, 0.15) is 36.7 Å². The molecule has 30 heavy (non-hydrogen) atoms. The average molecular weight is 447 g/mol. The minimum absolute atomic E-state index is 0.0643. The van der Waals surface area contributed by atoms with Crippen LogP contribution in [-0.4, -0.2) is 16.7 Å². The lowest BCUT2D eigenvalue weighted by Crippen LogP contribution is -2.23. The van der Waals surface area contributed by atoms with Crippen LogP contribution in [0, 0.1) is 26.9 Å². The number of nitrogens with zero attached hydrogens (tertiary/aromatic N) is 2. The van der Waals surface area contributed by atoms with Crippen LogP contribution >= 0.6 is 23.2 Å². The van der Waals surface area contributed by atoms with Gasteiger partial charge in [0.1, 0.15) is 11.6 Å². The Balaban J connectivity index is 2.74. The zero-order chi connectivity index (χ0) is 22.6. The number of rotatable bonds is 5. The molecule has 0 atom stereocenters. The second-order valence-electron chi connectivity index (χ2n) is 7.21. The number of nitro groups is 1. The van der Waals surface area contributed by atoms with E-state index < -0.39 is 39.1 Å². The van der Waals surface area contributed by atoms with E-state index in [1.165, 1.54) is 36.4 Å². The molecule has 0 aliphatic rings. The largest absolute Gasteiger partial charge is 0.420 e. The number of Topliss-reactive ketones (excluding diaryl/α,β-unsaturated/α-hetero) is 1. The molecule has 0 saturated carbocycles. The average Bonchev–Trinajstić information content (AvgIpc) is 2.67. The van der Waals surface area contributed by atoms with Gasteiger partial charge in [0.15, 0.2) is 11.5 Å². The lowest BCUT2D eigenvalue weighted by molar-refractivity contribution is -0.385. The van der Waals surface area contributed by atoms with Gasteiger partial charge in [-0.15, -0.1) is 0 Å². The van der Waals surface area contributed by atoms with Crippen molar-refractivity contribution in [3.8, 4) is 6.07 Å². The Morgan fingerprint density at radius 2 is 1.63 bits per heavy atom. The highest BCUT2D eigenvalue weighted by atomic mass is 35.5. The Kier molecular flexibility index (Phi) is 6.98. The number of esters is 1. The summed E-state index contributed by atoms with van der Waals surface area (Å²) in [5.41, 5.74) is -2.19. The van der Waals surface area contributed by atoms with E-state index in [4.69, 9.17) is 27.9 Å². The number of nitro benzene ring substituents is 1. The van der Waals surface area contributed by atoms with Crippen molar-refractivity contribution >= 4 is 46.4 Å². The molecule has 0 saturated heterocycles. The molecule has 0 aromatic heterocycles. The molecule has 2 aromatic carbocycles. The monoisotopic (exact) mass is 446 g/mol. The van der Waals surface area contributed by atoms with Crippen molar-refractivity contribution in [1.82, 2.24) is 0 Å². The maximum atomic E-state index is 12.8. The van der Waals surface area contributed by atoms with E-state index >= 15 is 0 Å². The summed E-state index contributed by atoms with van der Waals surface area (Å²) in [5.74, 6) is -2.07. The summed E-state index contributed by atoms with van der Waals surface area (Å²) in [7, 11) is 0. The van der Waals surface area contributed by atoms with Crippen molar-refractivity contribution in [3.05, 3.63) is 79.3 Å². The van der Waals surface area contributed by atoms with E-state index in [-0.39, 0.29) is 16.1 Å². The maximum Gasteiger partial charge on any atom is 0.343 e. The number of carbonyl (C=O) groups is 2. The number of ether oxygens (including phenoxy) is 1. The van der Waals surface area contributed by atoms with Crippen molar-refractivity contribution in [2.75, 3.05) is 0 Å². The first-order valence-corrected chi connectivity index (χ1v) is 9.32. The van der Waals surface area contributed by atoms with Crippen LogP contribution in [0.2, 0.25) is 10.0 Å². The molecule has 7 nitrogen and oxygen atoms in total. The normalized spacial score (nSPS) is 11.9. The van der Waals surface area contributed by atoms with Crippen LogP contribution in [0.4, 0.5) is 5.69 Å². The molecule has 0 radical (unpaired) electrons. The fraction of sp³-hybridized carbons (Fsp3) is 0.190. The van der Waals surface area contributed by atoms with Crippen molar-refractivity contribution in [1.29, 1.82) is 5.26 Å². The summed E-state index contributed by atoms with van der Waals surface area (Å²) >= 11 is 11.7. The zero-order valence-electron chi connectivity index (χ0n) is 16.2. The van der Waals surface area contributed by atoms with Crippen LogP contribution in [0.25, 0.3) is 5.76 Å². The summed E-state index contributed by atoms with van der Waals surface area (Å²) in [4.78, 5) is 36.3. The Morgan fingerprint density at radius 1 is 1.07 bits per heavy atom. The molecule has 0 bridgehead atoms. The van der Waals surface area contributed by atoms with Gasteiger partial charge < -0.3 is 4.74 Å². The molecule has 0 spiro atoms. The van der Waals surface area contributed by atoms with Gasteiger partial charge in [0.25, 0.3) is 5.69 Å². The second-order valence-corrected chi connectivity index (χ2v) is 8.08. The van der Waals surface area contributed by atoms with Crippen molar-refractivity contribution in [2.45, 2.75) is 20.8 Å². The van der Waals surface area contributed by atoms with E-state index in [0.717, 1.165) is 6.07 Å².